The van der Waals surface area contributed by atoms with E-state index in [1.807, 2.05) is 6.92 Å². The lowest BCUT2D eigenvalue weighted by Crippen LogP contribution is -2.11. The molecule has 0 amide bonds. The Bertz CT molecular complexity index is 686. The van der Waals surface area contributed by atoms with Crippen LogP contribution in [0.4, 0.5) is 5.13 Å². The molecule has 0 bridgehead atoms. The third kappa shape index (κ3) is 2.68. The maximum Gasteiger partial charge on any atom is 0.345 e. The summed E-state index contributed by atoms with van der Waals surface area (Å²) in [5.41, 5.74) is 0. The van der Waals surface area contributed by atoms with E-state index in [2.05, 4.69) is 9.71 Å². The molecule has 0 atom stereocenters. The van der Waals surface area contributed by atoms with Crippen LogP contribution in [-0.4, -0.2) is 24.5 Å². The number of thiophene rings is 1. The molecule has 0 saturated carbocycles. The summed E-state index contributed by atoms with van der Waals surface area (Å²) >= 11 is 2.07. The molecule has 9 heteroatoms. The van der Waals surface area contributed by atoms with E-state index >= 15 is 0 Å². The third-order valence-corrected chi connectivity index (χ3v) is 5.28. The van der Waals surface area contributed by atoms with Crippen LogP contribution in [-0.2, 0) is 10.0 Å². The number of aromatic carboxylic acids is 1. The first-order valence-electron chi connectivity index (χ1n) is 4.65. The van der Waals surface area contributed by atoms with Gasteiger partial charge in [-0.25, -0.2) is 18.2 Å². The quantitative estimate of drug-likeness (QED) is 0.900. The van der Waals surface area contributed by atoms with Crippen molar-refractivity contribution >= 4 is 43.8 Å². The molecule has 6 nitrogen and oxygen atoms in total. The van der Waals surface area contributed by atoms with Crippen molar-refractivity contribution in [2.45, 2.75) is 11.8 Å². The number of hydrogen-bond acceptors (Lipinski definition) is 6. The van der Waals surface area contributed by atoms with Crippen molar-refractivity contribution < 1.29 is 18.3 Å². The van der Waals surface area contributed by atoms with Crippen LogP contribution in [0.2, 0.25) is 0 Å². The Labute approximate surface area is 111 Å². The lowest BCUT2D eigenvalue weighted by Gasteiger charge is -2.01. The molecular weight excluding hydrogens is 296 g/mol. The van der Waals surface area contributed by atoms with Crippen molar-refractivity contribution in [2.24, 2.45) is 0 Å². The zero-order chi connectivity index (χ0) is 13.3. The number of sulfonamides is 1. The Hall–Kier alpha value is -1.45. The first-order chi connectivity index (χ1) is 8.38. The number of aromatic nitrogens is 1. The molecule has 2 aromatic rings. The molecule has 0 unspecified atom stereocenters. The summed E-state index contributed by atoms with van der Waals surface area (Å²) in [4.78, 5) is 15.4. The average Bonchev–Trinajstić information content (AvgIpc) is 2.86. The van der Waals surface area contributed by atoms with E-state index in [0.717, 1.165) is 22.3 Å². The zero-order valence-corrected chi connectivity index (χ0v) is 11.5. The fraction of sp³-hybridized carbons (Fsp3) is 0.111. The van der Waals surface area contributed by atoms with Crippen LogP contribution >= 0.6 is 22.7 Å². The first-order valence-corrected chi connectivity index (χ1v) is 7.83. The van der Waals surface area contributed by atoms with E-state index in [-0.39, 0.29) is 14.9 Å². The minimum absolute atomic E-state index is 0.0225. The number of nitrogens with zero attached hydrogens (tertiary/aromatic N) is 1. The Morgan fingerprint density at radius 2 is 2.22 bits per heavy atom. The predicted molar refractivity (Wildman–Crippen MR) is 68.9 cm³/mol. The molecule has 0 aliphatic carbocycles. The van der Waals surface area contributed by atoms with Gasteiger partial charge >= 0.3 is 5.97 Å². The summed E-state index contributed by atoms with van der Waals surface area (Å²) in [6.07, 6.45) is 1.55. The monoisotopic (exact) mass is 304 g/mol. The minimum Gasteiger partial charge on any atom is -0.477 e. The number of carbonyl (C=O) groups is 1. The maximum atomic E-state index is 11.9. The molecule has 96 valence electrons. The fourth-order valence-electron chi connectivity index (χ4n) is 1.15. The van der Waals surface area contributed by atoms with Crippen molar-refractivity contribution in [1.82, 2.24) is 4.98 Å². The molecule has 0 aliphatic rings. The molecule has 2 N–H and O–H groups in total. The highest BCUT2D eigenvalue weighted by Gasteiger charge is 2.19. The Kier molecular flexibility index (Phi) is 3.37. The molecule has 0 aromatic carbocycles. The second-order valence-electron chi connectivity index (χ2n) is 3.33. The summed E-state index contributed by atoms with van der Waals surface area (Å²) in [7, 11) is -3.77. The average molecular weight is 304 g/mol. The van der Waals surface area contributed by atoms with Crippen LogP contribution in [0, 0.1) is 6.92 Å². The molecule has 2 aromatic heterocycles. The lowest BCUT2D eigenvalue weighted by molar-refractivity contribution is 0.0702. The number of rotatable bonds is 4. The van der Waals surface area contributed by atoms with Gasteiger partial charge in [0.15, 0.2) is 5.13 Å². The number of thiazole rings is 1. The number of anilines is 1. The van der Waals surface area contributed by atoms with Gasteiger partial charge in [0, 0.05) is 16.5 Å². The van der Waals surface area contributed by atoms with Crippen LogP contribution in [0.3, 0.4) is 0 Å². The van der Waals surface area contributed by atoms with Crippen molar-refractivity contribution in [3.63, 3.8) is 0 Å². The van der Waals surface area contributed by atoms with Crippen LogP contribution < -0.4 is 4.72 Å². The minimum atomic E-state index is -3.77. The molecule has 0 radical (unpaired) electrons. The van der Waals surface area contributed by atoms with Crippen molar-refractivity contribution in [3.8, 4) is 0 Å². The molecule has 0 saturated heterocycles. The smallest absolute Gasteiger partial charge is 0.345 e. The fourth-order valence-corrected chi connectivity index (χ4v) is 4.17. The number of hydrogen-bond donors (Lipinski definition) is 2. The van der Waals surface area contributed by atoms with E-state index in [4.69, 9.17) is 5.11 Å². The van der Waals surface area contributed by atoms with Gasteiger partial charge in [0.1, 0.15) is 4.88 Å². The van der Waals surface area contributed by atoms with Gasteiger partial charge in [-0.15, -0.1) is 22.7 Å². The highest BCUT2D eigenvalue weighted by Crippen LogP contribution is 2.24. The molecule has 0 spiro atoms. The van der Waals surface area contributed by atoms with Crippen molar-refractivity contribution in [2.75, 3.05) is 4.72 Å². The SMILES string of the molecule is Cc1cnc(NS(=O)(=O)c2csc(C(=O)O)c2)s1. The van der Waals surface area contributed by atoms with Gasteiger partial charge in [0.05, 0.1) is 4.90 Å². The van der Waals surface area contributed by atoms with Gasteiger partial charge in [0.2, 0.25) is 0 Å². The van der Waals surface area contributed by atoms with E-state index in [1.165, 1.54) is 16.7 Å². The van der Waals surface area contributed by atoms with Gasteiger partial charge in [-0.05, 0) is 13.0 Å². The lowest BCUT2D eigenvalue weighted by atomic mass is 10.5. The van der Waals surface area contributed by atoms with E-state index in [0.29, 0.717) is 0 Å². The summed E-state index contributed by atoms with van der Waals surface area (Å²) in [6, 6.07) is 1.12. The number of aryl methyl sites for hydroxylation is 1. The second kappa shape index (κ2) is 4.67. The zero-order valence-electron chi connectivity index (χ0n) is 9.08. The molecule has 2 rings (SSSR count). The number of carboxylic acid groups (broad SMARTS) is 1. The van der Waals surface area contributed by atoms with Gasteiger partial charge in [0.25, 0.3) is 10.0 Å². The van der Waals surface area contributed by atoms with E-state index in [9.17, 15) is 13.2 Å². The van der Waals surface area contributed by atoms with Crippen molar-refractivity contribution in [3.05, 3.63) is 27.4 Å². The Morgan fingerprint density at radius 1 is 1.50 bits per heavy atom. The van der Waals surface area contributed by atoms with Gasteiger partial charge < -0.3 is 5.11 Å². The normalized spacial score (nSPS) is 11.4. The van der Waals surface area contributed by atoms with Crippen LogP contribution in [0.1, 0.15) is 14.5 Å². The topological polar surface area (TPSA) is 96.4 Å². The molecule has 2 heterocycles. The highest BCUT2D eigenvalue weighted by atomic mass is 32.2. The number of nitrogens with one attached hydrogen (secondary N) is 1. The Morgan fingerprint density at radius 3 is 2.72 bits per heavy atom. The van der Waals surface area contributed by atoms with E-state index < -0.39 is 16.0 Å². The Balaban J connectivity index is 2.27. The predicted octanol–water partition coefficient (Wildman–Crippen LogP) is 2.01. The summed E-state index contributed by atoms with van der Waals surface area (Å²) in [5.74, 6) is -1.15. The largest absolute Gasteiger partial charge is 0.477 e. The summed E-state index contributed by atoms with van der Waals surface area (Å²) in [5, 5.41) is 10.3. The molecule has 18 heavy (non-hydrogen) atoms. The second-order valence-corrected chi connectivity index (χ2v) is 7.16. The van der Waals surface area contributed by atoms with Crippen LogP contribution in [0.5, 0.6) is 0 Å². The molecule has 0 aliphatic heterocycles. The summed E-state index contributed by atoms with van der Waals surface area (Å²) in [6.45, 7) is 1.81. The van der Waals surface area contributed by atoms with Gasteiger partial charge in [-0.3, -0.25) is 4.72 Å². The molecule has 0 fully saturated rings. The van der Waals surface area contributed by atoms with Gasteiger partial charge in [-0.1, -0.05) is 0 Å². The van der Waals surface area contributed by atoms with Crippen molar-refractivity contribution in [1.29, 1.82) is 0 Å². The maximum absolute atomic E-state index is 11.9. The van der Waals surface area contributed by atoms with Crippen LogP contribution in [0.15, 0.2) is 22.5 Å². The third-order valence-electron chi connectivity index (χ3n) is 1.94. The standard InChI is InChI=1S/C9H8N2O4S3/c1-5-3-10-9(17-5)11-18(14,15)6-2-7(8(12)13)16-4-6/h2-4H,1H3,(H,10,11)(H,12,13). The first kappa shape index (κ1) is 13.0. The number of carboxylic acids is 1. The van der Waals surface area contributed by atoms with Crippen LogP contribution in [0.25, 0.3) is 0 Å². The van der Waals surface area contributed by atoms with E-state index in [1.54, 1.807) is 6.20 Å². The van der Waals surface area contributed by atoms with Gasteiger partial charge in [-0.2, -0.15) is 0 Å². The summed E-state index contributed by atoms with van der Waals surface area (Å²) < 4.78 is 26.1. The molecular formula is C9H8N2O4S3. The highest BCUT2D eigenvalue weighted by molar-refractivity contribution is 7.93.